The Morgan fingerprint density at radius 2 is 1.67 bits per heavy atom. The van der Waals surface area contributed by atoms with Gasteiger partial charge in [-0.2, -0.15) is 13.2 Å². The van der Waals surface area contributed by atoms with Gasteiger partial charge in [-0.15, -0.1) is 0 Å². The van der Waals surface area contributed by atoms with Crippen molar-refractivity contribution in [2.24, 2.45) is 5.73 Å². The predicted octanol–water partition coefficient (Wildman–Crippen LogP) is 5.48. The minimum Gasteiger partial charge on any atom is -0.493 e. The fraction of sp³-hybridized carbons (Fsp3) is 0.321. The molecule has 190 valence electrons. The van der Waals surface area contributed by atoms with E-state index in [1.54, 1.807) is 13.2 Å². The van der Waals surface area contributed by atoms with Crippen molar-refractivity contribution < 1.29 is 27.4 Å². The second-order valence-corrected chi connectivity index (χ2v) is 8.82. The third-order valence-electron chi connectivity index (χ3n) is 6.77. The van der Waals surface area contributed by atoms with Crippen LogP contribution >= 0.6 is 0 Å². The lowest BCUT2D eigenvalue weighted by Crippen LogP contribution is -2.44. The van der Waals surface area contributed by atoms with Gasteiger partial charge in [0.05, 0.1) is 19.8 Å². The molecule has 2 N–H and O–H groups in total. The summed E-state index contributed by atoms with van der Waals surface area (Å²) in [7, 11) is 3.10. The zero-order valence-electron chi connectivity index (χ0n) is 20.2. The number of fused-ring (bicyclic) bond motifs is 1. The number of alkyl halides is 3. The number of primary amides is 1. The summed E-state index contributed by atoms with van der Waals surface area (Å²) in [4.78, 5) is 14.7. The van der Waals surface area contributed by atoms with Crippen LogP contribution in [0.2, 0.25) is 0 Å². The molecule has 0 aromatic heterocycles. The summed E-state index contributed by atoms with van der Waals surface area (Å²) >= 11 is 0. The summed E-state index contributed by atoms with van der Waals surface area (Å²) in [6.07, 6.45) is -3.30. The summed E-state index contributed by atoms with van der Waals surface area (Å²) in [5.74, 6) is 0.598. The molecule has 8 heteroatoms. The van der Waals surface area contributed by atoms with Crippen molar-refractivity contribution >= 4 is 5.91 Å². The van der Waals surface area contributed by atoms with Gasteiger partial charge >= 0.3 is 6.18 Å². The molecule has 1 amide bonds. The summed E-state index contributed by atoms with van der Waals surface area (Å²) in [5, 5.41) is 0. The molecule has 4 rings (SSSR count). The highest BCUT2D eigenvalue weighted by Gasteiger charge is 2.38. The SMILES string of the molecule is COc1cc2c(cc1OC)[C@H](CCc1ccccc1C(F)(F)F)N([C@@H](C(N)=O)c1ccccc1)CC2. The van der Waals surface area contributed by atoms with Gasteiger partial charge in [0.1, 0.15) is 6.04 Å². The minimum atomic E-state index is -4.45. The van der Waals surface area contributed by atoms with E-state index in [-0.39, 0.29) is 18.0 Å². The summed E-state index contributed by atoms with van der Waals surface area (Å²) < 4.78 is 52.0. The first-order chi connectivity index (χ1) is 17.2. The number of hydrogen-bond acceptors (Lipinski definition) is 4. The van der Waals surface area contributed by atoms with Crippen LogP contribution in [0.4, 0.5) is 13.2 Å². The van der Waals surface area contributed by atoms with E-state index in [1.165, 1.54) is 19.2 Å². The molecule has 0 saturated heterocycles. The average Bonchev–Trinajstić information content (AvgIpc) is 2.87. The van der Waals surface area contributed by atoms with Gasteiger partial charge in [-0.1, -0.05) is 48.5 Å². The molecule has 1 aliphatic rings. The van der Waals surface area contributed by atoms with E-state index < -0.39 is 23.7 Å². The maximum atomic E-state index is 13.7. The number of carbonyl (C=O) groups excluding carboxylic acids is 1. The number of amides is 1. The van der Waals surface area contributed by atoms with Gasteiger partial charge in [0.2, 0.25) is 5.91 Å². The molecule has 36 heavy (non-hydrogen) atoms. The Kier molecular flexibility index (Phi) is 7.54. The number of ether oxygens (including phenoxy) is 2. The smallest absolute Gasteiger partial charge is 0.416 e. The van der Waals surface area contributed by atoms with Gasteiger partial charge in [0.15, 0.2) is 11.5 Å². The monoisotopic (exact) mass is 498 g/mol. The number of aryl methyl sites for hydroxylation is 1. The van der Waals surface area contributed by atoms with Crippen molar-refractivity contribution in [3.63, 3.8) is 0 Å². The van der Waals surface area contributed by atoms with Crippen LogP contribution in [0, 0.1) is 0 Å². The summed E-state index contributed by atoms with van der Waals surface area (Å²) in [6, 6.07) is 17.5. The fourth-order valence-corrected chi connectivity index (χ4v) is 5.14. The van der Waals surface area contributed by atoms with Gasteiger partial charge in [-0.3, -0.25) is 9.69 Å². The molecule has 0 saturated carbocycles. The van der Waals surface area contributed by atoms with E-state index in [0.717, 1.165) is 22.8 Å². The Balaban J connectivity index is 1.78. The molecule has 0 aliphatic carbocycles. The number of nitrogens with two attached hydrogens (primary N) is 1. The van der Waals surface area contributed by atoms with Crippen LogP contribution in [-0.4, -0.2) is 31.6 Å². The zero-order valence-corrected chi connectivity index (χ0v) is 20.2. The number of halogens is 3. The van der Waals surface area contributed by atoms with Crippen molar-refractivity contribution in [2.45, 2.75) is 37.5 Å². The number of hydrogen-bond donors (Lipinski definition) is 1. The predicted molar refractivity (Wildman–Crippen MR) is 131 cm³/mol. The fourth-order valence-electron chi connectivity index (χ4n) is 5.14. The third kappa shape index (κ3) is 5.18. The number of methoxy groups -OCH3 is 2. The van der Waals surface area contributed by atoms with Crippen LogP contribution in [0.5, 0.6) is 11.5 Å². The molecule has 3 aromatic rings. The lowest BCUT2D eigenvalue weighted by Gasteiger charge is -2.42. The van der Waals surface area contributed by atoms with Crippen LogP contribution in [0.1, 0.15) is 46.3 Å². The molecular formula is C28H29F3N2O3. The molecule has 5 nitrogen and oxygen atoms in total. The largest absolute Gasteiger partial charge is 0.493 e. The van der Waals surface area contributed by atoms with Crippen molar-refractivity contribution in [3.05, 3.63) is 94.5 Å². The van der Waals surface area contributed by atoms with Gasteiger partial charge in [0.25, 0.3) is 0 Å². The van der Waals surface area contributed by atoms with E-state index in [1.807, 2.05) is 47.4 Å². The molecule has 0 radical (unpaired) electrons. The van der Waals surface area contributed by atoms with Gasteiger partial charge in [-0.25, -0.2) is 0 Å². The first-order valence-corrected chi connectivity index (χ1v) is 11.7. The Hall–Kier alpha value is -3.52. The Morgan fingerprint density at radius 1 is 1.03 bits per heavy atom. The van der Waals surface area contributed by atoms with Crippen molar-refractivity contribution in [1.29, 1.82) is 0 Å². The second kappa shape index (κ2) is 10.6. The van der Waals surface area contributed by atoms with E-state index in [9.17, 15) is 18.0 Å². The topological polar surface area (TPSA) is 64.8 Å². The number of rotatable bonds is 8. The quantitative estimate of drug-likeness (QED) is 0.447. The van der Waals surface area contributed by atoms with Crippen LogP contribution < -0.4 is 15.2 Å². The standard InChI is InChI=1S/C28H29F3N2O3/c1-35-24-16-20-14-15-33(26(27(32)34)19-9-4-3-5-10-19)23(21(20)17-25(24)36-2)13-12-18-8-6-7-11-22(18)28(29,30)31/h3-11,16-17,23,26H,12-15H2,1-2H3,(H2,32,34)/t23-,26+/m0/s1. The van der Waals surface area contributed by atoms with Crippen molar-refractivity contribution in [3.8, 4) is 11.5 Å². The van der Waals surface area contributed by atoms with E-state index in [0.29, 0.717) is 30.9 Å². The molecular weight excluding hydrogens is 469 g/mol. The number of benzene rings is 3. The minimum absolute atomic E-state index is 0.172. The molecule has 0 fully saturated rings. The molecule has 3 aromatic carbocycles. The first kappa shape index (κ1) is 25.6. The average molecular weight is 499 g/mol. The van der Waals surface area contributed by atoms with Crippen LogP contribution in [0.15, 0.2) is 66.7 Å². The summed E-state index contributed by atoms with van der Waals surface area (Å²) in [5.41, 5.74) is 8.12. The van der Waals surface area contributed by atoms with Crippen molar-refractivity contribution in [1.82, 2.24) is 4.90 Å². The van der Waals surface area contributed by atoms with Gasteiger partial charge < -0.3 is 15.2 Å². The van der Waals surface area contributed by atoms with E-state index in [4.69, 9.17) is 15.2 Å². The van der Waals surface area contributed by atoms with Crippen LogP contribution in [0.3, 0.4) is 0 Å². The molecule has 1 heterocycles. The molecule has 1 aliphatic heterocycles. The van der Waals surface area contributed by atoms with Gasteiger partial charge in [0, 0.05) is 12.6 Å². The lowest BCUT2D eigenvalue weighted by molar-refractivity contribution is -0.138. The number of nitrogens with zero attached hydrogens (tertiary/aromatic N) is 1. The Bertz CT molecular complexity index is 1210. The highest BCUT2D eigenvalue weighted by molar-refractivity contribution is 5.81. The van der Waals surface area contributed by atoms with Gasteiger partial charge in [-0.05, 0) is 59.7 Å². The maximum Gasteiger partial charge on any atom is 0.416 e. The molecule has 0 unspecified atom stereocenters. The third-order valence-corrected chi connectivity index (χ3v) is 6.77. The lowest BCUT2D eigenvalue weighted by atomic mass is 9.85. The van der Waals surface area contributed by atoms with E-state index in [2.05, 4.69) is 0 Å². The Morgan fingerprint density at radius 3 is 2.31 bits per heavy atom. The highest BCUT2D eigenvalue weighted by atomic mass is 19.4. The molecule has 0 spiro atoms. The van der Waals surface area contributed by atoms with Crippen molar-refractivity contribution in [2.75, 3.05) is 20.8 Å². The van der Waals surface area contributed by atoms with Crippen LogP contribution in [0.25, 0.3) is 0 Å². The normalized spacial score (nSPS) is 16.8. The summed E-state index contributed by atoms with van der Waals surface area (Å²) in [6.45, 7) is 0.510. The second-order valence-electron chi connectivity index (χ2n) is 8.82. The van der Waals surface area contributed by atoms with Crippen LogP contribution in [-0.2, 0) is 23.8 Å². The first-order valence-electron chi connectivity index (χ1n) is 11.7. The Labute approximate surface area is 208 Å². The molecule has 0 bridgehead atoms. The molecule has 2 atom stereocenters. The zero-order chi connectivity index (χ0) is 25.9. The van der Waals surface area contributed by atoms with E-state index >= 15 is 0 Å². The maximum absolute atomic E-state index is 13.7. The highest BCUT2D eigenvalue weighted by Crippen LogP contribution is 2.43. The number of carbonyl (C=O) groups is 1.